The molecule has 2 heteroatoms. The molecule has 0 unspecified atom stereocenters. The number of hydrogen-bond acceptors (Lipinski definition) is 2. The Morgan fingerprint density at radius 2 is 2.50 bits per heavy atom. The van der Waals surface area contributed by atoms with Crippen LogP contribution in [0, 0.1) is 0 Å². The highest BCUT2D eigenvalue weighted by Gasteiger charge is 1.84. The van der Waals surface area contributed by atoms with Crippen LogP contribution >= 0.6 is 0 Å². The van der Waals surface area contributed by atoms with Crippen molar-refractivity contribution < 1.29 is 4.42 Å². The molecule has 1 heterocycles. The summed E-state index contributed by atoms with van der Waals surface area (Å²) in [6, 6.07) is 1.94. The summed E-state index contributed by atoms with van der Waals surface area (Å²) in [4.78, 5) is 0. The van der Waals surface area contributed by atoms with E-state index in [4.69, 9.17) is 4.42 Å². The third-order valence-electron chi connectivity index (χ3n) is 1.54. The minimum absolute atomic E-state index is 0.930. The summed E-state index contributed by atoms with van der Waals surface area (Å²) < 4.78 is 4.92. The van der Waals surface area contributed by atoms with E-state index in [0.29, 0.717) is 0 Å². The molecule has 66 valence electrons. The second-order valence-electron chi connectivity index (χ2n) is 2.66. The molecule has 0 aliphatic heterocycles. The van der Waals surface area contributed by atoms with Crippen molar-refractivity contribution in [3.8, 4) is 0 Å². The van der Waals surface area contributed by atoms with Crippen molar-refractivity contribution in [1.29, 1.82) is 0 Å². The van der Waals surface area contributed by atoms with Gasteiger partial charge in [0, 0.05) is 12.1 Å². The summed E-state index contributed by atoms with van der Waals surface area (Å²) in [6.45, 7) is 4.17. The van der Waals surface area contributed by atoms with E-state index in [1.807, 2.05) is 12.1 Å². The maximum Gasteiger partial charge on any atom is 0.0974 e. The largest absolute Gasteiger partial charge is 0.472 e. The first-order valence-corrected chi connectivity index (χ1v) is 4.33. The smallest absolute Gasteiger partial charge is 0.0974 e. The standard InChI is InChI=1S/C10H15NO/c1-2-6-11-7-3-4-10-5-8-12-9-10/h3-5,8-9,11H,2,6-7H2,1H3. The summed E-state index contributed by atoms with van der Waals surface area (Å²) in [7, 11) is 0. The van der Waals surface area contributed by atoms with Crippen molar-refractivity contribution in [1.82, 2.24) is 5.32 Å². The van der Waals surface area contributed by atoms with E-state index >= 15 is 0 Å². The zero-order valence-corrected chi connectivity index (χ0v) is 7.42. The summed E-state index contributed by atoms with van der Waals surface area (Å²) in [5.41, 5.74) is 1.12. The van der Waals surface area contributed by atoms with Gasteiger partial charge in [0.15, 0.2) is 0 Å². The number of furan rings is 1. The Hall–Kier alpha value is -1.02. The van der Waals surface area contributed by atoms with E-state index in [-0.39, 0.29) is 0 Å². The molecule has 1 aromatic heterocycles. The Balaban J connectivity index is 2.14. The van der Waals surface area contributed by atoms with Gasteiger partial charge < -0.3 is 9.73 Å². The molecule has 2 nitrogen and oxygen atoms in total. The van der Waals surface area contributed by atoms with Crippen molar-refractivity contribution in [2.75, 3.05) is 13.1 Å². The van der Waals surface area contributed by atoms with E-state index in [2.05, 4.69) is 18.3 Å². The van der Waals surface area contributed by atoms with Gasteiger partial charge in [-0.25, -0.2) is 0 Å². The van der Waals surface area contributed by atoms with Gasteiger partial charge in [0.2, 0.25) is 0 Å². The van der Waals surface area contributed by atoms with Crippen LogP contribution in [0.4, 0.5) is 0 Å². The van der Waals surface area contributed by atoms with Crippen LogP contribution in [0.5, 0.6) is 0 Å². The maximum atomic E-state index is 4.92. The van der Waals surface area contributed by atoms with Crippen LogP contribution in [0.25, 0.3) is 6.08 Å². The van der Waals surface area contributed by atoms with Gasteiger partial charge in [-0.05, 0) is 19.0 Å². The second kappa shape index (κ2) is 5.61. The average Bonchev–Trinajstić information content (AvgIpc) is 2.57. The van der Waals surface area contributed by atoms with Crippen LogP contribution in [-0.4, -0.2) is 13.1 Å². The van der Waals surface area contributed by atoms with Gasteiger partial charge in [-0.3, -0.25) is 0 Å². The molecule has 0 fully saturated rings. The van der Waals surface area contributed by atoms with E-state index < -0.39 is 0 Å². The average molecular weight is 165 g/mol. The molecule has 0 saturated heterocycles. The highest BCUT2D eigenvalue weighted by molar-refractivity contribution is 5.46. The predicted molar refractivity (Wildman–Crippen MR) is 50.9 cm³/mol. The molecule has 1 rings (SSSR count). The van der Waals surface area contributed by atoms with Gasteiger partial charge in [0.05, 0.1) is 12.5 Å². The highest BCUT2D eigenvalue weighted by Crippen LogP contribution is 2.01. The lowest BCUT2D eigenvalue weighted by molar-refractivity contribution is 0.567. The lowest BCUT2D eigenvalue weighted by Gasteiger charge is -1.94. The Bertz CT molecular complexity index is 214. The Morgan fingerprint density at radius 1 is 1.58 bits per heavy atom. The lowest BCUT2D eigenvalue weighted by Crippen LogP contribution is -2.13. The van der Waals surface area contributed by atoms with Crippen LogP contribution in [0.2, 0.25) is 0 Å². The fourth-order valence-corrected chi connectivity index (χ4v) is 0.927. The fourth-order valence-electron chi connectivity index (χ4n) is 0.927. The highest BCUT2D eigenvalue weighted by atomic mass is 16.3. The van der Waals surface area contributed by atoms with Crippen molar-refractivity contribution in [2.45, 2.75) is 13.3 Å². The molecule has 0 spiro atoms. The fraction of sp³-hybridized carbons (Fsp3) is 0.400. The molecule has 1 N–H and O–H groups in total. The van der Waals surface area contributed by atoms with Crippen LogP contribution in [-0.2, 0) is 0 Å². The van der Waals surface area contributed by atoms with Crippen LogP contribution in [0.1, 0.15) is 18.9 Å². The van der Waals surface area contributed by atoms with Gasteiger partial charge in [-0.15, -0.1) is 0 Å². The van der Waals surface area contributed by atoms with E-state index in [1.165, 1.54) is 6.42 Å². The number of hydrogen-bond donors (Lipinski definition) is 1. The first-order chi connectivity index (χ1) is 5.93. The van der Waals surface area contributed by atoms with E-state index in [9.17, 15) is 0 Å². The number of nitrogens with one attached hydrogen (secondary N) is 1. The quantitative estimate of drug-likeness (QED) is 0.677. The van der Waals surface area contributed by atoms with E-state index in [0.717, 1.165) is 18.7 Å². The van der Waals surface area contributed by atoms with Crippen molar-refractivity contribution in [3.63, 3.8) is 0 Å². The van der Waals surface area contributed by atoms with Gasteiger partial charge in [0.1, 0.15) is 0 Å². The molecule has 0 amide bonds. The monoisotopic (exact) mass is 165 g/mol. The molecular formula is C10H15NO. The Morgan fingerprint density at radius 3 is 3.17 bits per heavy atom. The third-order valence-corrected chi connectivity index (χ3v) is 1.54. The summed E-state index contributed by atoms with van der Waals surface area (Å²) in [5.74, 6) is 0. The zero-order valence-electron chi connectivity index (χ0n) is 7.42. The van der Waals surface area contributed by atoms with Gasteiger partial charge in [0.25, 0.3) is 0 Å². The van der Waals surface area contributed by atoms with Crippen LogP contribution < -0.4 is 5.32 Å². The topological polar surface area (TPSA) is 25.2 Å². The SMILES string of the molecule is CCCNCC=Cc1ccoc1. The van der Waals surface area contributed by atoms with Crippen LogP contribution in [0.15, 0.2) is 29.1 Å². The van der Waals surface area contributed by atoms with Gasteiger partial charge in [-0.2, -0.15) is 0 Å². The molecule has 0 radical (unpaired) electrons. The Labute approximate surface area is 73.3 Å². The molecule has 0 atom stereocenters. The maximum absolute atomic E-state index is 4.92. The van der Waals surface area contributed by atoms with Crippen LogP contribution in [0.3, 0.4) is 0 Å². The first-order valence-electron chi connectivity index (χ1n) is 4.33. The van der Waals surface area contributed by atoms with Gasteiger partial charge in [-0.1, -0.05) is 19.1 Å². The molecule has 0 saturated carbocycles. The summed E-state index contributed by atoms with van der Waals surface area (Å²) in [6.07, 6.45) is 8.74. The summed E-state index contributed by atoms with van der Waals surface area (Å²) >= 11 is 0. The van der Waals surface area contributed by atoms with Crippen molar-refractivity contribution in [3.05, 3.63) is 30.2 Å². The molecule has 0 aliphatic carbocycles. The molecular weight excluding hydrogens is 150 g/mol. The number of rotatable bonds is 5. The van der Waals surface area contributed by atoms with Gasteiger partial charge >= 0.3 is 0 Å². The van der Waals surface area contributed by atoms with E-state index in [1.54, 1.807) is 12.5 Å². The minimum atomic E-state index is 0.930. The normalized spacial score (nSPS) is 11.1. The lowest BCUT2D eigenvalue weighted by atomic mass is 10.3. The zero-order chi connectivity index (χ0) is 8.65. The molecule has 0 bridgehead atoms. The van der Waals surface area contributed by atoms with Crippen molar-refractivity contribution >= 4 is 6.08 Å². The molecule has 12 heavy (non-hydrogen) atoms. The third kappa shape index (κ3) is 3.39. The molecule has 1 aromatic rings. The van der Waals surface area contributed by atoms with Crippen molar-refractivity contribution in [2.24, 2.45) is 0 Å². The molecule has 0 aliphatic rings. The Kier molecular flexibility index (Phi) is 4.24. The second-order valence-corrected chi connectivity index (χ2v) is 2.66. The first kappa shape index (κ1) is 9.07. The predicted octanol–water partition coefficient (Wildman–Crippen LogP) is 2.29. The minimum Gasteiger partial charge on any atom is -0.472 e. The molecule has 0 aromatic carbocycles. The summed E-state index contributed by atoms with van der Waals surface area (Å²) in [5, 5.41) is 3.28.